The van der Waals surface area contributed by atoms with Crippen LogP contribution in [0.3, 0.4) is 0 Å². The first kappa shape index (κ1) is 36.7. The van der Waals surface area contributed by atoms with Crippen molar-refractivity contribution in [3.05, 3.63) is 65.2 Å². The fraction of sp³-hybridized carbons (Fsp3) is 0.514. The van der Waals surface area contributed by atoms with Gasteiger partial charge in [-0.3, -0.25) is 0 Å². The highest BCUT2D eigenvalue weighted by Gasteiger charge is 2.45. The van der Waals surface area contributed by atoms with Crippen LogP contribution in [0.1, 0.15) is 58.2 Å². The second-order valence-corrected chi connectivity index (χ2v) is 24.4. The molecule has 248 valence electrons. The van der Waals surface area contributed by atoms with Gasteiger partial charge in [0, 0.05) is 13.2 Å². The van der Waals surface area contributed by atoms with Gasteiger partial charge in [0.1, 0.15) is 6.61 Å². The summed E-state index contributed by atoms with van der Waals surface area (Å²) in [4.78, 5) is 0. The van der Waals surface area contributed by atoms with E-state index in [9.17, 15) is 10.2 Å². The highest BCUT2D eigenvalue weighted by Crippen LogP contribution is 2.44. The van der Waals surface area contributed by atoms with Gasteiger partial charge in [-0.15, -0.1) is 0 Å². The average Bonchev–Trinajstić information content (AvgIpc) is 2.98. The topological polar surface area (TPSA) is 77.4 Å². The number of phenolic OH excluding ortho intramolecular Hbond substituents is 1. The first-order valence-electron chi connectivity index (χ1n) is 16.3. The Morgan fingerprint density at radius 2 is 1.29 bits per heavy atom. The highest BCUT2D eigenvalue weighted by atomic mass is 28.4. The number of methoxy groups -OCH3 is 2. The molecule has 3 rings (SSSR count). The van der Waals surface area contributed by atoms with Gasteiger partial charge in [-0.05, 0) is 80.7 Å². The van der Waals surface area contributed by atoms with Crippen molar-refractivity contribution in [2.45, 2.75) is 97.3 Å². The third kappa shape index (κ3) is 8.14. The third-order valence-corrected chi connectivity index (χ3v) is 17.1. The summed E-state index contributed by atoms with van der Waals surface area (Å²) in [5.41, 5.74) is 6.36. The van der Waals surface area contributed by atoms with Crippen molar-refractivity contribution in [2.75, 3.05) is 27.4 Å². The van der Waals surface area contributed by atoms with Crippen molar-refractivity contribution in [1.82, 2.24) is 0 Å². The SMILES string of the molecule is COc1cc(CCO)c(-c2c(CCO[Si](C(C)C)(C(C)C)C(C)C)cc(OCc3ccccc3)c(O)c2[Si](C)(C)C)cc1OC. The lowest BCUT2D eigenvalue weighted by Gasteiger charge is -2.42. The van der Waals surface area contributed by atoms with Gasteiger partial charge in [-0.25, -0.2) is 0 Å². The summed E-state index contributed by atoms with van der Waals surface area (Å²) in [6, 6.07) is 16.0. The standard InChI is InChI=1S/C37H56O6Si2/c1-25(2)45(26(3)4,27(5)6)43-20-18-30-22-34(42-24-28-15-13-12-14-16-28)36(39)37(44(9,10)11)35(30)31-23-33(41-8)32(40-7)21-29(31)17-19-38/h12-16,21-23,25-27,38-39H,17-20,24H2,1-11H3. The number of phenols is 1. The van der Waals surface area contributed by atoms with E-state index in [0.29, 0.717) is 59.9 Å². The normalized spacial score (nSPS) is 12.3. The number of ether oxygens (including phenoxy) is 3. The fourth-order valence-corrected chi connectivity index (χ4v) is 14.4. The Morgan fingerprint density at radius 3 is 1.80 bits per heavy atom. The molecule has 0 aliphatic carbocycles. The first-order valence-corrected chi connectivity index (χ1v) is 21.9. The summed E-state index contributed by atoms with van der Waals surface area (Å²) in [6.45, 7) is 21.5. The number of aliphatic hydroxyl groups is 1. The molecule has 3 aromatic rings. The van der Waals surface area contributed by atoms with Crippen LogP contribution in [0.15, 0.2) is 48.5 Å². The van der Waals surface area contributed by atoms with E-state index in [-0.39, 0.29) is 12.4 Å². The Kier molecular flexibility index (Phi) is 12.8. The van der Waals surface area contributed by atoms with Crippen molar-refractivity contribution >= 4 is 21.6 Å². The molecule has 0 bridgehead atoms. The van der Waals surface area contributed by atoms with Crippen LogP contribution < -0.4 is 19.4 Å². The van der Waals surface area contributed by atoms with E-state index < -0.39 is 16.4 Å². The Bertz CT molecular complexity index is 1370. The zero-order valence-electron chi connectivity index (χ0n) is 29.4. The molecule has 0 amide bonds. The number of hydrogen-bond donors (Lipinski definition) is 2. The van der Waals surface area contributed by atoms with Crippen LogP contribution in [0.25, 0.3) is 11.1 Å². The third-order valence-electron chi connectivity index (χ3n) is 9.02. The molecule has 8 heteroatoms. The molecule has 0 spiro atoms. The Morgan fingerprint density at radius 1 is 0.733 bits per heavy atom. The molecule has 6 nitrogen and oxygen atoms in total. The smallest absolute Gasteiger partial charge is 0.200 e. The zero-order chi connectivity index (χ0) is 33.5. The molecule has 2 N–H and O–H groups in total. The van der Waals surface area contributed by atoms with Crippen molar-refractivity contribution in [1.29, 1.82) is 0 Å². The second-order valence-electron chi connectivity index (χ2n) is 13.9. The van der Waals surface area contributed by atoms with Gasteiger partial charge in [0.2, 0.25) is 0 Å². The zero-order valence-corrected chi connectivity index (χ0v) is 31.4. The van der Waals surface area contributed by atoms with Crippen LogP contribution in [0.4, 0.5) is 0 Å². The summed E-state index contributed by atoms with van der Waals surface area (Å²) < 4.78 is 24.8. The van der Waals surface area contributed by atoms with Gasteiger partial charge < -0.3 is 28.8 Å². The molecule has 0 unspecified atom stereocenters. The van der Waals surface area contributed by atoms with Gasteiger partial charge in [0.25, 0.3) is 0 Å². The van der Waals surface area contributed by atoms with Crippen molar-refractivity contribution in [3.8, 4) is 34.1 Å². The minimum atomic E-state index is -2.20. The highest BCUT2D eigenvalue weighted by molar-refractivity contribution is 6.90. The minimum absolute atomic E-state index is 0.0151. The summed E-state index contributed by atoms with van der Waals surface area (Å²) in [6.07, 6.45) is 1.09. The molecule has 0 saturated heterocycles. The Labute approximate surface area is 273 Å². The summed E-state index contributed by atoms with van der Waals surface area (Å²) in [7, 11) is -1.05. The summed E-state index contributed by atoms with van der Waals surface area (Å²) >= 11 is 0. The number of aliphatic hydroxyl groups excluding tert-OH is 1. The lowest BCUT2D eigenvalue weighted by atomic mass is 9.91. The van der Waals surface area contributed by atoms with E-state index in [1.807, 2.05) is 48.5 Å². The van der Waals surface area contributed by atoms with E-state index in [4.69, 9.17) is 18.6 Å². The van der Waals surface area contributed by atoms with Crippen LogP contribution in [-0.4, -0.2) is 54.0 Å². The molecule has 0 aliphatic rings. The van der Waals surface area contributed by atoms with E-state index in [0.717, 1.165) is 33.0 Å². The van der Waals surface area contributed by atoms with Gasteiger partial charge in [-0.1, -0.05) is 91.5 Å². The monoisotopic (exact) mass is 652 g/mol. The van der Waals surface area contributed by atoms with Crippen molar-refractivity contribution in [2.24, 2.45) is 0 Å². The Balaban J connectivity index is 2.29. The minimum Gasteiger partial charge on any atom is -0.504 e. The molecular weight excluding hydrogens is 597 g/mol. The van der Waals surface area contributed by atoms with E-state index in [1.54, 1.807) is 14.2 Å². The lowest BCUT2D eigenvalue weighted by Crippen LogP contribution is -2.48. The van der Waals surface area contributed by atoms with Crippen LogP contribution in [0.5, 0.6) is 23.0 Å². The maximum Gasteiger partial charge on any atom is 0.200 e. The van der Waals surface area contributed by atoms with Gasteiger partial charge in [0.15, 0.2) is 31.3 Å². The van der Waals surface area contributed by atoms with Crippen LogP contribution in [0, 0.1) is 0 Å². The largest absolute Gasteiger partial charge is 0.504 e. The van der Waals surface area contributed by atoms with Crippen LogP contribution >= 0.6 is 0 Å². The quantitative estimate of drug-likeness (QED) is 0.151. The summed E-state index contributed by atoms with van der Waals surface area (Å²) in [5, 5.41) is 23.0. The van der Waals surface area contributed by atoms with E-state index in [1.165, 1.54) is 0 Å². The Hall–Kier alpha value is -2.79. The van der Waals surface area contributed by atoms with Gasteiger partial charge in [0.05, 0.1) is 22.3 Å². The molecule has 0 heterocycles. The molecule has 45 heavy (non-hydrogen) atoms. The molecular formula is C37H56O6Si2. The molecule has 0 radical (unpaired) electrons. The van der Waals surface area contributed by atoms with Crippen LogP contribution in [0.2, 0.25) is 36.3 Å². The molecule has 0 aromatic heterocycles. The number of rotatable bonds is 16. The maximum atomic E-state index is 12.0. The number of aromatic hydroxyl groups is 1. The predicted molar refractivity (Wildman–Crippen MR) is 192 cm³/mol. The van der Waals surface area contributed by atoms with E-state index in [2.05, 4.69) is 61.2 Å². The molecule has 3 aromatic carbocycles. The van der Waals surface area contributed by atoms with Crippen molar-refractivity contribution in [3.63, 3.8) is 0 Å². The fourth-order valence-electron chi connectivity index (χ4n) is 7.10. The second kappa shape index (κ2) is 15.7. The number of hydrogen-bond acceptors (Lipinski definition) is 6. The average molecular weight is 653 g/mol. The van der Waals surface area contributed by atoms with E-state index >= 15 is 0 Å². The van der Waals surface area contributed by atoms with Crippen molar-refractivity contribution < 1.29 is 28.8 Å². The molecule has 0 atom stereocenters. The molecule has 0 fully saturated rings. The lowest BCUT2D eigenvalue weighted by molar-refractivity contribution is 0.279. The summed E-state index contributed by atoms with van der Waals surface area (Å²) in [5.74, 6) is 1.88. The van der Waals surface area contributed by atoms with Gasteiger partial charge in [-0.2, -0.15) is 0 Å². The predicted octanol–water partition coefficient (Wildman–Crippen LogP) is 8.47. The number of benzene rings is 3. The maximum absolute atomic E-state index is 12.0. The molecule has 0 saturated carbocycles. The molecule has 0 aliphatic heterocycles. The van der Waals surface area contributed by atoms with Crippen LogP contribution in [-0.2, 0) is 23.9 Å². The van der Waals surface area contributed by atoms with Gasteiger partial charge >= 0.3 is 0 Å². The first-order chi connectivity index (χ1) is 21.2.